The molecule has 0 atom stereocenters. The molecule has 1 N–H and O–H groups in total. The Morgan fingerprint density at radius 2 is 2.15 bits per heavy atom. The van der Waals surface area contributed by atoms with Gasteiger partial charge in [-0.25, -0.2) is 9.18 Å². The number of nitrogens with zero attached hydrogens (tertiary/aromatic N) is 2. The molecule has 5 nitrogen and oxygen atoms in total. The molecule has 0 unspecified atom stereocenters. The number of aliphatic hydroxyl groups excluding tert-OH is 1. The summed E-state index contributed by atoms with van der Waals surface area (Å²) < 4.78 is 20.4. The zero-order valence-electron chi connectivity index (χ0n) is 10.6. The number of hydrogen-bond acceptors (Lipinski definition) is 4. The maximum Gasteiger partial charge on any atom is 0.419 e. The van der Waals surface area contributed by atoms with Gasteiger partial charge in [0.1, 0.15) is 5.82 Å². The summed E-state index contributed by atoms with van der Waals surface area (Å²) in [5.74, 6) is -1.05. The highest BCUT2D eigenvalue weighted by Gasteiger charge is 2.13. The van der Waals surface area contributed by atoms with Crippen molar-refractivity contribution in [3.8, 4) is 11.1 Å². The maximum absolute atomic E-state index is 14.1. The van der Waals surface area contributed by atoms with Crippen molar-refractivity contribution in [2.24, 2.45) is 7.05 Å². The van der Waals surface area contributed by atoms with E-state index >= 15 is 0 Å². The lowest BCUT2D eigenvalue weighted by Gasteiger charge is -2.05. The van der Waals surface area contributed by atoms with E-state index in [0.29, 0.717) is 22.2 Å². The molecule has 20 heavy (non-hydrogen) atoms. The van der Waals surface area contributed by atoms with Crippen LogP contribution >= 0.6 is 0 Å². The number of hydrogen-bond donors (Lipinski definition) is 1. The molecule has 0 fully saturated rings. The van der Waals surface area contributed by atoms with Gasteiger partial charge in [0.15, 0.2) is 5.58 Å². The fraction of sp³-hybridized carbons (Fsp3) is 0.143. The Morgan fingerprint density at radius 1 is 1.35 bits per heavy atom. The van der Waals surface area contributed by atoms with E-state index in [0.717, 1.165) is 0 Å². The van der Waals surface area contributed by atoms with Crippen LogP contribution in [0.4, 0.5) is 4.39 Å². The van der Waals surface area contributed by atoms with Crippen LogP contribution in [0.5, 0.6) is 0 Å². The summed E-state index contributed by atoms with van der Waals surface area (Å²) in [5.41, 5.74) is 2.12. The van der Waals surface area contributed by atoms with Gasteiger partial charge in [0, 0.05) is 36.6 Å². The van der Waals surface area contributed by atoms with Crippen molar-refractivity contribution < 1.29 is 13.9 Å². The Labute approximate surface area is 112 Å². The minimum absolute atomic E-state index is 0.172. The number of rotatable bonds is 2. The third-order valence-corrected chi connectivity index (χ3v) is 3.17. The van der Waals surface area contributed by atoms with Crippen molar-refractivity contribution in [3.63, 3.8) is 0 Å². The topological polar surface area (TPSA) is 68.3 Å². The monoisotopic (exact) mass is 274 g/mol. The van der Waals surface area contributed by atoms with Crippen molar-refractivity contribution in [3.05, 3.63) is 52.5 Å². The first-order chi connectivity index (χ1) is 9.60. The minimum Gasteiger partial charge on any atom is -0.408 e. The van der Waals surface area contributed by atoms with Crippen LogP contribution in [0, 0.1) is 5.82 Å². The predicted octanol–water partition coefficient (Wildman–Crippen LogP) is 1.82. The second-order valence-electron chi connectivity index (χ2n) is 4.47. The Kier molecular flexibility index (Phi) is 2.87. The number of aromatic nitrogens is 2. The summed E-state index contributed by atoms with van der Waals surface area (Å²) in [7, 11) is 1.55. The summed E-state index contributed by atoms with van der Waals surface area (Å²) in [5, 5.41) is 9.10. The first kappa shape index (κ1) is 12.6. The first-order valence-electron chi connectivity index (χ1n) is 5.94. The molecule has 0 aliphatic heterocycles. The molecule has 3 aromatic rings. The molecule has 0 bridgehead atoms. The lowest BCUT2D eigenvalue weighted by Crippen LogP contribution is -2.08. The quantitative estimate of drug-likeness (QED) is 0.774. The van der Waals surface area contributed by atoms with Gasteiger partial charge < -0.3 is 9.52 Å². The van der Waals surface area contributed by atoms with Crippen LogP contribution in [-0.4, -0.2) is 14.7 Å². The first-order valence-corrected chi connectivity index (χ1v) is 5.94. The van der Waals surface area contributed by atoms with Crippen molar-refractivity contribution in [2.45, 2.75) is 6.61 Å². The minimum atomic E-state index is -0.543. The van der Waals surface area contributed by atoms with Crippen molar-refractivity contribution in [1.82, 2.24) is 9.55 Å². The van der Waals surface area contributed by atoms with Crippen LogP contribution in [-0.2, 0) is 13.7 Å². The number of pyridine rings is 1. The van der Waals surface area contributed by atoms with Gasteiger partial charge in [-0.15, -0.1) is 0 Å². The van der Waals surface area contributed by atoms with Crippen LogP contribution in [0.1, 0.15) is 5.56 Å². The molecular weight excluding hydrogens is 263 g/mol. The molecular formula is C14H11FN2O3. The van der Waals surface area contributed by atoms with Crippen LogP contribution in [0.25, 0.3) is 22.2 Å². The van der Waals surface area contributed by atoms with Gasteiger partial charge in [0.2, 0.25) is 0 Å². The number of benzene rings is 1. The van der Waals surface area contributed by atoms with Crippen LogP contribution in [0.2, 0.25) is 0 Å². The molecule has 0 spiro atoms. The Hall–Kier alpha value is -2.47. The fourth-order valence-electron chi connectivity index (χ4n) is 2.09. The molecule has 1 aromatic carbocycles. The van der Waals surface area contributed by atoms with E-state index in [1.165, 1.54) is 29.1 Å². The molecule has 0 saturated heterocycles. The molecule has 0 aliphatic rings. The Morgan fingerprint density at radius 3 is 2.90 bits per heavy atom. The van der Waals surface area contributed by atoms with E-state index in [9.17, 15) is 9.18 Å². The summed E-state index contributed by atoms with van der Waals surface area (Å²) in [6, 6.07) is 4.36. The molecule has 2 heterocycles. The van der Waals surface area contributed by atoms with Crippen LogP contribution in [0.15, 0.2) is 39.8 Å². The van der Waals surface area contributed by atoms with Crippen LogP contribution in [0.3, 0.4) is 0 Å². The number of aryl methyl sites for hydroxylation is 1. The zero-order valence-corrected chi connectivity index (χ0v) is 10.6. The average Bonchev–Trinajstić information content (AvgIpc) is 2.72. The third-order valence-electron chi connectivity index (χ3n) is 3.17. The second kappa shape index (κ2) is 4.57. The highest BCUT2D eigenvalue weighted by Crippen LogP contribution is 2.27. The van der Waals surface area contributed by atoms with E-state index in [1.807, 2.05) is 0 Å². The fourth-order valence-corrected chi connectivity index (χ4v) is 2.09. The van der Waals surface area contributed by atoms with Gasteiger partial charge >= 0.3 is 5.76 Å². The number of oxazole rings is 1. The molecule has 102 valence electrons. The third kappa shape index (κ3) is 1.90. The van der Waals surface area contributed by atoms with Gasteiger partial charge in [-0.3, -0.25) is 9.55 Å². The summed E-state index contributed by atoms with van der Waals surface area (Å²) >= 11 is 0. The lowest BCUT2D eigenvalue weighted by molar-refractivity contribution is 0.281. The van der Waals surface area contributed by atoms with Gasteiger partial charge in [-0.2, -0.15) is 0 Å². The molecule has 0 radical (unpaired) electrons. The summed E-state index contributed by atoms with van der Waals surface area (Å²) in [6.45, 7) is -0.172. The van der Waals surface area contributed by atoms with E-state index in [-0.39, 0.29) is 12.2 Å². The van der Waals surface area contributed by atoms with E-state index < -0.39 is 11.6 Å². The number of aliphatic hydroxyl groups is 1. The van der Waals surface area contributed by atoms with Gasteiger partial charge in [0.25, 0.3) is 0 Å². The second-order valence-corrected chi connectivity index (χ2v) is 4.47. The highest BCUT2D eigenvalue weighted by atomic mass is 19.1. The summed E-state index contributed by atoms with van der Waals surface area (Å²) in [4.78, 5) is 15.4. The zero-order chi connectivity index (χ0) is 14.3. The van der Waals surface area contributed by atoms with E-state index in [2.05, 4.69) is 4.98 Å². The van der Waals surface area contributed by atoms with Crippen LogP contribution < -0.4 is 5.76 Å². The maximum atomic E-state index is 14.1. The smallest absolute Gasteiger partial charge is 0.408 e. The van der Waals surface area contributed by atoms with Crippen molar-refractivity contribution in [2.75, 3.05) is 0 Å². The summed E-state index contributed by atoms with van der Waals surface area (Å²) in [6.07, 6.45) is 3.01. The lowest BCUT2D eigenvalue weighted by atomic mass is 10.0. The van der Waals surface area contributed by atoms with Crippen molar-refractivity contribution >= 4 is 11.1 Å². The van der Waals surface area contributed by atoms with E-state index in [1.54, 1.807) is 13.1 Å². The highest BCUT2D eigenvalue weighted by molar-refractivity contribution is 5.81. The average molecular weight is 274 g/mol. The van der Waals surface area contributed by atoms with Gasteiger partial charge in [-0.1, -0.05) is 0 Å². The SMILES string of the molecule is Cn1c(=O)oc2cc(F)c(-c3cncc(CO)c3)cc21. The normalized spacial score (nSPS) is 11.2. The standard InChI is InChI=1S/C14H11FN2O3/c1-17-12-3-10(9-2-8(7-18)5-16-6-9)11(15)4-13(12)20-14(17)19/h2-6,18H,7H2,1H3. The van der Waals surface area contributed by atoms with E-state index in [4.69, 9.17) is 9.52 Å². The molecule has 0 aliphatic carbocycles. The molecule has 3 rings (SSSR count). The molecule has 2 aromatic heterocycles. The molecule has 0 amide bonds. The van der Waals surface area contributed by atoms with Gasteiger partial charge in [0.05, 0.1) is 12.1 Å². The Balaban J connectivity index is 2.27. The molecule has 0 saturated carbocycles. The molecule has 6 heteroatoms. The van der Waals surface area contributed by atoms with Gasteiger partial charge in [-0.05, 0) is 17.7 Å². The largest absolute Gasteiger partial charge is 0.419 e. The Bertz CT molecular complexity index is 851. The number of halogens is 1. The number of fused-ring (bicyclic) bond motifs is 1. The van der Waals surface area contributed by atoms with Crippen molar-refractivity contribution in [1.29, 1.82) is 0 Å². The predicted molar refractivity (Wildman–Crippen MR) is 70.6 cm³/mol.